The van der Waals surface area contributed by atoms with Gasteiger partial charge in [0.15, 0.2) is 0 Å². The molecule has 52 valence electrons. The first kappa shape index (κ1) is 6.61. The highest BCUT2D eigenvalue weighted by molar-refractivity contribution is 5.69. The molecule has 0 aromatic rings. The Balaban J connectivity index is 2.47. The number of nitrogens with two attached hydrogens (primary N) is 1. The first-order chi connectivity index (χ1) is 4.10. The minimum atomic E-state index is -2.44. The summed E-state index contributed by atoms with van der Waals surface area (Å²) in [4.78, 5) is 9.95. The summed E-state index contributed by atoms with van der Waals surface area (Å²) in [5.74, 6) is -0.894. The fourth-order valence-corrected chi connectivity index (χ4v) is 0.781. The van der Waals surface area contributed by atoms with Crippen LogP contribution in [-0.4, -0.2) is 18.3 Å². The van der Waals surface area contributed by atoms with Crippen molar-refractivity contribution in [3.05, 3.63) is 0 Å². The number of alkyl halides is 2. The molecule has 4 heteroatoms. The highest BCUT2D eigenvalue weighted by Crippen LogP contribution is 2.43. The Morgan fingerprint density at radius 1 is 1.78 bits per heavy atom. The minimum Gasteiger partial charge on any atom is -0.319 e. The molecule has 0 aliphatic heterocycles. The lowest BCUT2D eigenvalue weighted by Crippen LogP contribution is -2.28. The summed E-state index contributed by atoms with van der Waals surface area (Å²) in [6.45, 7) is 0. The van der Waals surface area contributed by atoms with E-state index in [0.717, 1.165) is 0 Å². The molecule has 0 amide bonds. The second kappa shape index (κ2) is 1.73. The molecule has 1 fully saturated rings. The summed E-state index contributed by atoms with van der Waals surface area (Å²) in [5, 5.41) is 0. The number of carbonyl (C=O) groups excluding carboxylic acids is 1. The van der Waals surface area contributed by atoms with Gasteiger partial charge in [-0.3, -0.25) is 0 Å². The van der Waals surface area contributed by atoms with Crippen LogP contribution in [0.4, 0.5) is 8.78 Å². The van der Waals surface area contributed by atoms with Gasteiger partial charge in [-0.2, -0.15) is 0 Å². The van der Waals surface area contributed by atoms with Crippen molar-refractivity contribution in [2.24, 2.45) is 11.7 Å². The van der Waals surface area contributed by atoms with E-state index >= 15 is 0 Å². The van der Waals surface area contributed by atoms with E-state index in [4.69, 9.17) is 5.73 Å². The quantitative estimate of drug-likeness (QED) is 0.548. The Morgan fingerprint density at radius 2 is 2.33 bits per heavy atom. The molecule has 2 N–H and O–H groups in total. The Kier molecular flexibility index (Phi) is 1.27. The molecule has 1 rings (SSSR count). The van der Waals surface area contributed by atoms with Crippen LogP contribution in [0.1, 0.15) is 6.42 Å². The van der Waals surface area contributed by atoms with Crippen LogP contribution in [0.15, 0.2) is 0 Å². The molecule has 2 nitrogen and oxygen atoms in total. The predicted octanol–water partition coefficient (Wildman–Crippen LogP) is 0.168. The molecule has 0 spiro atoms. The van der Waals surface area contributed by atoms with Gasteiger partial charge in [0.05, 0.1) is 5.54 Å². The fourth-order valence-electron chi connectivity index (χ4n) is 0.781. The molecule has 9 heavy (non-hydrogen) atoms. The maximum Gasteiger partial charge on any atom is 0.243 e. The lowest BCUT2D eigenvalue weighted by atomic mass is 10.2. The average Bonchev–Trinajstić information content (AvgIpc) is 2.44. The highest BCUT2D eigenvalue weighted by atomic mass is 19.3. The second-order valence-electron chi connectivity index (χ2n) is 2.38. The third kappa shape index (κ3) is 0.941. The van der Waals surface area contributed by atoms with E-state index in [-0.39, 0.29) is 6.42 Å². The van der Waals surface area contributed by atoms with Gasteiger partial charge in [-0.25, -0.2) is 8.78 Å². The van der Waals surface area contributed by atoms with Crippen LogP contribution < -0.4 is 5.73 Å². The molecule has 0 aromatic heterocycles. The molecule has 0 bridgehead atoms. The third-order valence-electron chi connectivity index (χ3n) is 1.63. The highest BCUT2D eigenvalue weighted by Gasteiger charge is 2.56. The number of hydrogen-bond acceptors (Lipinski definition) is 2. The summed E-state index contributed by atoms with van der Waals surface area (Å²) in [5.41, 5.74) is 3.94. The summed E-state index contributed by atoms with van der Waals surface area (Å²) in [7, 11) is 0. The van der Waals surface area contributed by atoms with Gasteiger partial charge in [-0.1, -0.05) is 0 Å². The lowest BCUT2D eigenvalue weighted by molar-refractivity contribution is -0.110. The van der Waals surface area contributed by atoms with Crippen molar-refractivity contribution in [2.45, 2.75) is 18.4 Å². The third-order valence-corrected chi connectivity index (χ3v) is 1.63. The zero-order chi connectivity index (χ0) is 7.07. The van der Waals surface area contributed by atoms with Crippen LogP contribution in [0.5, 0.6) is 0 Å². The topological polar surface area (TPSA) is 43.1 Å². The molecule has 1 aliphatic rings. The van der Waals surface area contributed by atoms with Crippen molar-refractivity contribution in [3.63, 3.8) is 0 Å². The minimum absolute atomic E-state index is 0.133. The average molecular weight is 135 g/mol. The molecule has 1 saturated carbocycles. The summed E-state index contributed by atoms with van der Waals surface area (Å²) in [6, 6.07) is 0. The van der Waals surface area contributed by atoms with Gasteiger partial charge in [-0.15, -0.1) is 0 Å². The summed E-state index contributed by atoms with van der Waals surface area (Å²) < 4.78 is 23.3. The van der Waals surface area contributed by atoms with Crippen LogP contribution in [0, 0.1) is 5.92 Å². The Bertz CT molecular complexity index is 139. The van der Waals surface area contributed by atoms with Crippen molar-refractivity contribution >= 4 is 6.29 Å². The zero-order valence-corrected chi connectivity index (χ0v) is 4.68. The fraction of sp³-hybridized carbons (Fsp3) is 0.800. The Labute approximate surface area is 51.0 Å². The Hall–Kier alpha value is -0.510. The van der Waals surface area contributed by atoms with E-state index in [0.29, 0.717) is 6.29 Å². The number of carbonyl (C=O) groups is 1. The van der Waals surface area contributed by atoms with E-state index in [9.17, 15) is 13.6 Å². The second-order valence-corrected chi connectivity index (χ2v) is 2.38. The van der Waals surface area contributed by atoms with Crippen LogP contribution in [0.2, 0.25) is 0 Å². The van der Waals surface area contributed by atoms with Gasteiger partial charge in [0.2, 0.25) is 6.43 Å². The zero-order valence-electron chi connectivity index (χ0n) is 4.68. The van der Waals surface area contributed by atoms with Crippen molar-refractivity contribution in [1.82, 2.24) is 0 Å². The van der Waals surface area contributed by atoms with E-state index in [2.05, 4.69) is 0 Å². The Morgan fingerprint density at radius 3 is 2.44 bits per heavy atom. The predicted molar refractivity (Wildman–Crippen MR) is 27.1 cm³/mol. The van der Waals surface area contributed by atoms with Crippen molar-refractivity contribution in [1.29, 1.82) is 0 Å². The van der Waals surface area contributed by atoms with Gasteiger partial charge >= 0.3 is 0 Å². The first-order valence-corrected chi connectivity index (χ1v) is 2.63. The van der Waals surface area contributed by atoms with Crippen molar-refractivity contribution in [3.8, 4) is 0 Å². The van der Waals surface area contributed by atoms with E-state index < -0.39 is 17.9 Å². The van der Waals surface area contributed by atoms with Crippen molar-refractivity contribution in [2.75, 3.05) is 0 Å². The molecule has 0 aromatic carbocycles. The van der Waals surface area contributed by atoms with Crippen LogP contribution in [0.25, 0.3) is 0 Å². The van der Waals surface area contributed by atoms with E-state index in [1.807, 2.05) is 0 Å². The molecule has 0 radical (unpaired) electrons. The molecule has 0 saturated heterocycles. The monoisotopic (exact) mass is 135 g/mol. The van der Waals surface area contributed by atoms with Crippen LogP contribution in [0.3, 0.4) is 0 Å². The normalized spacial score (nSPS) is 41.1. The molecule has 2 unspecified atom stereocenters. The van der Waals surface area contributed by atoms with E-state index in [1.165, 1.54) is 0 Å². The summed E-state index contributed by atoms with van der Waals surface area (Å²) in [6.07, 6.45) is -1.90. The SMILES string of the molecule is NC1(C=O)CC1C(F)F. The lowest BCUT2D eigenvalue weighted by Gasteiger charge is -1.98. The van der Waals surface area contributed by atoms with Gasteiger partial charge in [-0.05, 0) is 6.42 Å². The van der Waals surface area contributed by atoms with Gasteiger partial charge in [0, 0.05) is 5.92 Å². The van der Waals surface area contributed by atoms with Crippen LogP contribution in [-0.2, 0) is 4.79 Å². The van der Waals surface area contributed by atoms with Gasteiger partial charge in [0.1, 0.15) is 6.29 Å². The van der Waals surface area contributed by atoms with E-state index in [1.54, 1.807) is 0 Å². The molecular weight excluding hydrogens is 128 g/mol. The van der Waals surface area contributed by atoms with Gasteiger partial charge < -0.3 is 10.5 Å². The summed E-state index contributed by atoms with van der Waals surface area (Å²) >= 11 is 0. The largest absolute Gasteiger partial charge is 0.319 e. The van der Waals surface area contributed by atoms with Crippen LogP contribution >= 0.6 is 0 Å². The number of hydrogen-bond donors (Lipinski definition) is 1. The molecular formula is C5H7F2NO. The number of halogens is 2. The maximum atomic E-state index is 11.7. The first-order valence-electron chi connectivity index (χ1n) is 2.63. The number of aldehydes is 1. The van der Waals surface area contributed by atoms with Crippen molar-refractivity contribution < 1.29 is 13.6 Å². The number of rotatable bonds is 2. The molecule has 1 aliphatic carbocycles. The molecule has 2 atom stereocenters. The maximum absolute atomic E-state index is 11.7. The smallest absolute Gasteiger partial charge is 0.243 e. The van der Waals surface area contributed by atoms with Gasteiger partial charge in [0.25, 0.3) is 0 Å². The standard InChI is InChI=1S/C5H7F2NO/c6-4(7)3-1-5(3,8)2-9/h2-4H,1,8H2. The molecule has 0 heterocycles.